The monoisotopic (exact) mass is 918 g/mol. The summed E-state index contributed by atoms with van der Waals surface area (Å²) in [5.74, 6) is 2.67. The first-order chi connectivity index (χ1) is 28.9. The molecule has 0 saturated heterocycles. The van der Waals surface area contributed by atoms with Gasteiger partial charge in [-0.2, -0.15) is 0 Å². The van der Waals surface area contributed by atoms with E-state index in [9.17, 15) is 0 Å². The Morgan fingerprint density at radius 1 is 0.934 bits per heavy atom. The van der Waals surface area contributed by atoms with E-state index < -0.39 is 14.4 Å². The number of ether oxygens (including phenoxy) is 2. The number of nitrogens with zero attached hydrogens (tertiary/aromatic N) is 2. The molecule has 4 aliphatic carbocycles. The van der Waals surface area contributed by atoms with Crippen LogP contribution in [0.25, 0.3) is 6.08 Å². The lowest BCUT2D eigenvalue weighted by Crippen LogP contribution is -2.47. The summed E-state index contributed by atoms with van der Waals surface area (Å²) in [6, 6.07) is 17.7. The van der Waals surface area contributed by atoms with Gasteiger partial charge in [-0.05, 0) is 130 Å². The zero-order valence-electron chi connectivity index (χ0n) is 37.3. The van der Waals surface area contributed by atoms with Gasteiger partial charge in [0.1, 0.15) is 23.0 Å². The Kier molecular flexibility index (Phi) is 13.9. The van der Waals surface area contributed by atoms with Crippen LogP contribution in [0.1, 0.15) is 96.0 Å². The second-order valence-electron chi connectivity index (χ2n) is 19.2. The average Bonchev–Trinajstić information content (AvgIpc) is 3.53. The van der Waals surface area contributed by atoms with Gasteiger partial charge in [-0.1, -0.05) is 129 Å². The molecule has 2 saturated carbocycles. The van der Waals surface area contributed by atoms with Crippen LogP contribution in [-0.2, 0) is 15.7 Å². The van der Waals surface area contributed by atoms with Crippen LogP contribution in [0.2, 0.25) is 28.2 Å². The van der Waals surface area contributed by atoms with E-state index in [0.717, 1.165) is 73.4 Å². The molecule has 4 aliphatic rings. The third-order valence-electron chi connectivity index (χ3n) is 14.2. The molecule has 0 spiro atoms. The van der Waals surface area contributed by atoms with Gasteiger partial charge in [0.05, 0.1) is 45.4 Å². The van der Waals surface area contributed by atoms with Crippen LogP contribution < -0.4 is 4.74 Å². The number of aryl methyl sites for hydroxylation is 2. The number of hydrogen-bond acceptors (Lipinski definition) is 4. The Morgan fingerprint density at radius 2 is 1.62 bits per heavy atom. The molecule has 0 amide bonds. The van der Waals surface area contributed by atoms with Crippen molar-refractivity contribution in [2.75, 3.05) is 7.11 Å². The molecule has 10 heteroatoms. The van der Waals surface area contributed by atoms with Crippen LogP contribution in [0.4, 0.5) is 5.69 Å². The van der Waals surface area contributed by atoms with Gasteiger partial charge < -0.3 is 18.5 Å². The van der Waals surface area contributed by atoms with Crippen LogP contribution in [-0.4, -0.2) is 31.8 Å². The SMILES string of the molecule is COc1ccccc1/C=C\C(=Nc1c(Cl)cccc1Cl)[C@H](Cn1c(C)ccc1C)OC1=C(C2C(O[Si](C)(C)C(C)(C)C)=C(Cl)C=C3CCCCC32C)C2CCCCC2C=C1Cl. The quantitative estimate of drug-likeness (QED) is 0.134. The molecule has 7 rings (SSSR count). The molecule has 0 aliphatic heterocycles. The predicted molar refractivity (Wildman–Crippen MR) is 260 cm³/mol. The van der Waals surface area contributed by atoms with Crippen molar-refractivity contribution in [1.82, 2.24) is 4.57 Å². The van der Waals surface area contributed by atoms with E-state index in [1.807, 2.05) is 54.6 Å². The van der Waals surface area contributed by atoms with Gasteiger partial charge in [0, 0.05) is 22.4 Å². The number of para-hydroxylation sites is 2. The van der Waals surface area contributed by atoms with Gasteiger partial charge in [-0.25, -0.2) is 4.99 Å². The molecule has 1 aromatic heterocycles. The average molecular weight is 921 g/mol. The Bertz CT molecular complexity index is 2290. The van der Waals surface area contributed by atoms with Gasteiger partial charge in [-0.3, -0.25) is 0 Å². The lowest BCUT2D eigenvalue weighted by atomic mass is 9.55. The summed E-state index contributed by atoms with van der Waals surface area (Å²) in [5, 5.41) is 2.19. The van der Waals surface area contributed by atoms with E-state index in [4.69, 9.17) is 65.3 Å². The number of rotatable bonds is 12. The largest absolute Gasteiger partial charge is 0.545 e. The second-order valence-corrected chi connectivity index (χ2v) is 25.5. The molecular formula is C51H62Cl4N2O3Si. The zero-order chi connectivity index (χ0) is 43.9. The van der Waals surface area contributed by atoms with E-state index in [1.165, 1.54) is 17.6 Å². The molecule has 326 valence electrons. The lowest BCUT2D eigenvalue weighted by molar-refractivity contribution is 0.121. The van der Waals surface area contributed by atoms with Crippen molar-refractivity contribution in [2.45, 2.75) is 124 Å². The first-order valence-corrected chi connectivity index (χ1v) is 26.4. The molecule has 0 bridgehead atoms. The van der Waals surface area contributed by atoms with Crippen molar-refractivity contribution >= 4 is 72.2 Å². The van der Waals surface area contributed by atoms with Gasteiger partial charge in [0.15, 0.2) is 6.10 Å². The number of methoxy groups -OCH3 is 1. The summed E-state index contributed by atoms with van der Waals surface area (Å²) in [5.41, 5.74) is 6.61. The van der Waals surface area contributed by atoms with Crippen LogP contribution in [0.15, 0.2) is 111 Å². The zero-order valence-corrected chi connectivity index (χ0v) is 41.3. The summed E-state index contributed by atoms with van der Waals surface area (Å²) >= 11 is 29.0. The molecule has 2 aromatic carbocycles. The first-order valence-electron chi connectivity index (χ1n) is 22.0. The maximum Gasteiger partial charge on any atom is 0.250 e. The summed E-state index contributed by atoms with van der Waals surface area (Å²) in [6.45, 7) is 18.7. The minimum Gasteiger partial charge on any atom is -0.545 e. The van der Waals surface area contributed by atoms with Crippen LogP contribution in [0.3, 0.4) is 0 Å². The smallest absolute Gasteiger partial charge is 0.250 e. The summed E-state index contributed by atoms with van der Waals surface area (Å²) in [4.78, 5) is 5.30. The highest BCUT2D eigenvalue weighted by Gasteiger charge is 2.53. The maximum atomic E-state index is 7.70. The van der Waals surface area contributed by atoms with Crippen molar-refractivity contribution in [2.24, 2.45) is 28.2 Å². The number of hydrogen-bond donors (Lipinski definition) is 0. The molecule has 4 unspecified atom stereocenters. The van der Waals surface area contributed by atoms with Crippen molar-refractivity contribution < 1.29 is 13.9 Å². The molecule has 3 aromatic rings. The van der Waals surface area contributed by atoms with Crippen LogP contribution in [0, 0.1) is 37.0 Å². The number of aliphatic imine (C=N–C) groups is 1. The van der Waals surface area contributed by atoms with Gasteiger partial charge in [-0.15, -0.1) is 0 Å². The second kappa shape index (κ2) is 18.5. The third-order valence-corrected chi connectivity index (χ3v) is 19.8. The van der Waals surface area contributed by atoms with Gasteiger partial charge in [0.2, 0.25) is 8.32 Å². The number of fused-ring (bicyclic) bond motifs is 2. The van der Waals surface area contributed by atoms with Crippen molar-refractivity contribution in [1.29, 1.82) is 0 Å². The number of allylic oxidation sites excluding steroid dienone is 6. The Balaban J connectivity index is 1.49. The topological polar surface area (TPSA) is 45.0 Å². The van der Waals surface area contributed by atoms with E-state index in [0.29, 0.717) is 43.8 Å². The number of benzene rings is 2. The van der Waals surface area contributed by atoms with E-state index in [-0.39, 0.29) is 28.2 Å². The van der Waals surface area contributed by atoms with E-state index in [1.54, 1.807) is 7.11 Å². The normalized spacial score (nSPS) is 24.3. The lowest BCUT2D eigenvalue weighted by Gasteiger charge is -2.52. The van der Waals surface area contributed by atoms with Gasteiger partial charge in [0.25, 0.3) is 0 Å². The summed E-state index contributed by atoms with van der Waals surface area (Å²) in [7, 11) is -0.690. The fourth-order valence-corrected chi connectivity index (χ4v) is 11.9. The fraction of sp³-hybridized carbons (Fsp3) is 0.471. The molecule has 2 fully saturated rings. The van der Waals surface area contributed by atoms with Gasteiger partial charge >= 0.3 is 0 Å². The first kappa shape index (κ1) is 45.9. The third kappa shape index (κ3) is 9.41. The van der Waals surface area contributed by atoms with E-state index >= 15 is 0 Å². The van der Waals surface area contributed by atoms with E-state index in [2.05, 4.69) is 83.5 Å². The fourth-order valence-electron chi connectivity index (χ4n) is 9.68. The summed E-state index contributed by atoms with van der Waals surface area (Å²) < 4.78 is 23.2. The maximum absolute atomic E-state index is 7.70. The standard InChI is InChI=1S/C51H62Cl4N2O3Si/c1-32-24-25-33(2)57(32)31-44(42(56-47-38(52)21-16-22-39(47)53)27-26-34-17-11-13-23-43(34)58-7)59-48-40(54)29-35-18-10-12-20-37(35)45(48)46-49(60-61(8,9)50(3,4)5)41(55)30-36-19-14-15-28-51(36,46)6/h11,13,16-17,21-27,29-30,35,37,44,46H,10,12,14-15,18-20,28,31H2,1-9H3/b27-26-,56-42?/t35?,37?,44-,46?,51?/m0/s1. The summed E-state index contributed by atoms with van der Waals surface area (Å²) in [6.07, 6.45) is 16.6. The minimum absolute atomic E-state index is 0.0406. The number of aromatic nitrogens is 1. The number of halogens is 4. The Labute approximate surface area is 385 Å². The molecule has 5 atom stereocenters. The Hall–Kier alpha value is -3.13. The van der Waals surface area contributed by atoms with Crippen LogP contribution >= 0.6 is 46.4 Å². The predicted octanol–water partition coefficient (Wildman–Crippen LogP) is 16.1. The van der Waals surface area contributed by atoms with Crippen molar-refractivity contribution in [3.05, 3.63) is 133 Å². The molecule has 1 heterocycles. The highest BCUT2D eigenvalue weighted by atomic mass is 35.5. The molecular weight excluding hydrogens is 858 g/mol. The van der Waals surface area contributed by atoms with Crippen LogP contribution in [0.5, 0.6) is 5.75 Å². The molecule has 0 radical (unpaired) electrons. The Morgan fingerprint density at radius 3 is 2.31 bits per heavy atom. The highest BCUT2D eigenvalue weighted by Crippen LogP contribution is 2.61. The molecule has 61 heavy (non-hydrogen) atoms. The minimum atomic E-state index is -2.37. The molecule has 5 nitrogen and oxygen atoms in total. The highest BCUT2D eigenvalue weighted by molar-refractivity contribution is 6.74. The van der Waals surface area contributed by atoms with Crippen molar-refractivity contribution in [3.8, 4) is 5.75 Å². The van der Waals surface area contributed by atoms with Crippen molar-refractivity contribution in [3.63, 3.8) is 0 Å². The molecule has 0 N–H and O–H groups in total.